The van der Waals surface area contributed by atoms with E-state index >= 15 is 0 Å². The van der Waals surface area contributed by atoms with Crippen molar-refractivity contribution in [2.75, 3.05) is 6.54 Å². The number of nitrogens with zero attached hydrogens (tertiary/aromatic N) is 1. The molecule has 0 bridgehead atoms. The minimum Gasteiger partial charge on any atom is -0.356 e. The smallest absolute Gasteiger partial charge is 0.241 e. The van der Waals surface area contributed by atoms with E-state index in [1.807, 2.05) is 6.92 Å². The van der Waals surface area contributed by atoms with Gasteiger partial charge in [-0.2, -0.15) is 0 Å². The Kier molecular flexibility index (Phi) is 3.80. The van der Waals surface area contributed by atoms with Gasteiger partial charge in [0.05, 0.1) is 11.1 Å². The molecule has 7 heteroatoms. The van der Waals surface area contributed by atoms with Crippen molar-refractivity contribution in [2.24, 2.45) is 11.7 Å². The summed E-state index contributed by atoms with van der Waals surface area (Å²) in [6.07, 6.45) is 3.49. The van der Waals surface area contributed by atoms with Crippen molar-refractivity contribution in [1.29, 1.82) is 0 Å². The molecule has 1 atom stereocenters. The summed E-state index contributed by atoms with van der Waals surface area (Å²) in [7, 11) is -3.71. The molecule has 2 aromatic rings. The fraction of sp³-hybridized carbons (Fsp3) is 0.400. The molecule has 6 nitrogen and oxygen atoms in total. The van der Waals surface area contributed by atoms with Gasteiger partial charge in [-0.05, 0) is 37.8 Å². The second-order valence-corrected chi connectivity index (χ2v) is 7.53. The molecule has 3 N–H and O–H groups in total. The van der Waals surface area contributed by atoms with Gasteiger partial charge in [-0.1, -0.05) is 17.3 Å². The zero-order chi connectivity index (χ0) is 15.8. The lowest BCUT2D eigenvalue weighted by molar-refractivity contribution is 0.374. The largest absolute Gasteiger partial charge is 0.356 e. The Morgan fingerprint density at radius 2 is 2.09 bits per heavy atom. The monoisotopic (exact) mass is 321 g/mol. The van der Waals surface area contributed by atoms with Crippen LogP contribution >= 0.6 is 0 Å². The Hall–Kier alpha value is -1.70. The highest BCUT2D eigenvalue weighted by Crippen LogP contribution is 2.40. The van der Waals surface area contributed by atoms with Crippen LogP contribution in [-0.2, 0) is 10.0 Å². The van der Waals surface area contributed by atoms with E-state index < -0.39 is 15.6 Å². The molecular formula is C15H19N3O3S. The molecule has 1 fully saturated rings. The molecule has 1 unspecified atom stereocenters. The van der Waals surface area contributed by atoms with E-state index in [4.69, 9.17) is 10.3 Å². The minimum absolute atomic E-state index is 0.173. The maximum Gasteiger partial charge on any atom is 0.241 e. The SMILES string of the molecule is CC(CN)(NS(=O)(=O)c1ccccc1-c1ccno1)C1CC1. The number of nitrogens with one attached hydrogen (secondary N) is 1. The van der Waals surface area contributed by atoms with E-state index in [9.17, 15) is 8.42 Å². The first-order chi connectivity index (χ1) is 10.5. The van der Waals surface area contributed by atoms with E-state index in [-0.39, 0.29) is 11.4 Å². The number of hydrogen-bond donors (Lipinski definition) is 2. The highest BCUT2D eigenvalue weighted by atomic mass is 32.2. The van der Waals surface area contributed by atoms with Crippen molar-refractivity contribution in [3.05, 3.63) is 36.5 Å². The maximum absolute atomic E-state index is 12.8. The van der Waals surface area contributed by atoms with E-state index in [0.29, 0.717) is 17.2 Å². The summed E-state index contributed by atoms with van der Waals surface area (Å²) >= 11 is 0. The third kappa shape index (κ3) is 2.79. The van der Waals surface area contributed by atoms with Crippen LogP contribution in [-0.4, -0.2) is 25.7 Å². The Morgan fingerprint density at radius 3 is 2.68 bits per heavy atom. The standard InChI is InChI=1S/C15H19N3O3S/c1-15(10-16,11-6-7-11)18-22(19,20)14-5-3-2-4-12(14)13-8-9-17-21-13/h2-5,8-9,11,18H,6-7,10,16H2,1H3. The van der Waals surface area contributed by atoms with Gasteiger partial charge in [-0.15, -0.1) is 0 Å². The van der Waals surface area contributed by atoms with Gasteiger partial charge in [0, 0.05) is 23.7 Å². The number of hydrogen-bond acceptors (Lipinski definition) is 5. The van der Waals surface area contributed by atoms with Gasteiger partial charge >= 0.3 is 0 Å². The molecule has 1 aliphatic rings. The zero-order valence-electron chi connectivity index (χ0n) is 12.3. The highest BCUT2D eigenvalue weighted by molar-refractivity contribution is 7.89. The molecule has 0 spiro atoms. The summed E-state index contributed by atoms with van der Waals surface area (Å²) < 4.78 is 33.5. The lowest BCUT2D eigenvalue weighted by Gasteiger charge is -2.29. The average molecular weight is 321 g/mol. The van der Waals surface area contributed by atoms with Gasteiger partial charge < -0.3 is 10.3 Å². The third-order valence-electron chi connectivity index (χ3n) is 4.15. The van der Waals surface area contributed by atoms with Gasteiger partial charge in [-0.25, -0.2) is 13.1 Å². The van der Waals surface area contributed by atoms with Crippen molar-refractivity contribution >= 4 is 10.0 Å². The lowest BCUT2D eigenvalue weighted by Crippen LogP contribution is -2.53. The molecule has 0 aliphatic heterocycles. The van der Waals surface area contributed by atoms with Crippen LogP contribution < -0.4 is 10.5 Å². The predicted octanol–water partition coefficient (Wildman–Crippen LogP) is 1.75. The maximum atomic E-state index is 12.8. The normalized spacial score (nSPS) is 18.1. The summed E-state index contributed by atoms with van der Waals surface area (Å²) in [5.41, 5.74) is 5.68. The predicted molar refractivity (Wildman–Crippen MR) is 82.4 cm³/mol. The van der Waals surface area contributed by atoms with Crippen LogP contribution in [0.5, 0.6) is 0 Å². The minimum atomic E-state index is -3.71. The number of sulfonamides is 1. The summed E-state index contributed by atoms with van der Waals surface area (Å²) in [5.74, 6) is 0.714. The zero-order valence-corrected chi connectivity index (χ0v) is 13.1. The summed E-state index contributed by atoms with van der Waals surface area (Å²) in [4.78, 5) is 0.173. The lowest BCUT2D eigenvalue weighted by atomic mass is 9.98. The molecule has 0 amide bonds. The Bertz CT molecular complexity index is 754. The van der Waals surface area contributed by atoms with Crippen molar-refractivity contribution in [3.8, 4) is 11.3 Å². The van der Waals surface area contributed by atoms with Crippen LogP contribution in [0.4, 0.5) is 0 Å². The first-order valence-electron chi connectivity index (χ1n) is 7.20. The Morgan fingerprint density at radius 1 is 1.36 bits per heavy atom. The van der Waals surface area contributed by atoms with Crippen molar-refractivity contribution in [1.82, 2.24) is 9.88 Å². The van der Waals surface area contributed by atoms with Crippen LogP contribution in [0, 0.1) is 5.92 Å². The summed E-state index contributed by atoms with van der Waals surface area (Å²) in [6, 6.07) is 8.35. The molecule has 1 aliphatic carbocycles. The van der Waals surface area contributed by atoms with Gasteiger partial charge in [-0.3, -0.25) is 0 Å². The van der Waals surface area contributed by atoms with Crippen molar-refractivity contribution in [2.45, 2.75) is 30.2 Å². The van der Waals surface area contributed by atoms with Gasteiger partial charge in [0.15, 0.2) is 5.76 Å². The van der Waals surface area contributed by atoms with Gasteiger partial charge in [0.2, 0.25) is 10.0 Å². The van der Waals surface area contributed by atoms with E-state index in [1.165, 1.54) is 6.20 Å². The molecule has 3 rings (SSSR count). The first-order valence-corrected chi connectivity index (χ1v) is 8.69. The second kappa shape index (κ2) is 5.49. The first kappa shape index (κ1) is 15.2. The van der Waals surface area contributed by atoms with E-state index in [1.54, 1.807) is 30.3 Å². The third-order valence-corrected chi connectivity index (χ3v) is 5.82. The van der Waals surface area contributed by atoms with Gasteiger partial charge in [0.25, 0.3) is 0 Å². The highest BCUT2D eigenvalue weighted by Gasteiger charge is 2.43. The topological polar surface area (TPSA) is 98.2 Å². The summed E-state index contributed by atoms with van der Waals surface area (Å²) in [6.45, 7) is 2.13. The molecule has 0 radical (unpaired) electrons. The Balaban J connectivity index is 2.00. The fourth-order valence-corrected chi connectivity index (χ4v) is 4.32. The van der Waals surface area contributed by atoms with Crippen LogP contribution in [0.25, 0.3) is 11.3 Å². The molecular weight excluding hydrogens is 302 g/mol. The number of nitrogens with two attached hydrogens (primary N) is 1. The van der Waals surface area contributed by atoms with Crippen LogP contribution in [0.2, 0.25) is 0 Å². The molecule has 0 saturated heterocycles. The molecule has 1 saturated carbocycles. The second-order valence-electron chi connectivity index (χ2n) is 5.87. The van der Waals surface area contributed by atoms with Crippen molar-refractivity contribution < 1.29 is 12.9 Å². The fourth-order valence-electron chi connectivity index (χ4n) is 2.63. The molecule has 22 heavy (non-hydrogen) atoms. The van der Waals surface area contributed by atoms with Crippen LogP contribution in [0.15, 0.2) is 45.9 Å². The van der Waals surface area contributed by atoms with Gasteiger partial charge in [0.1, 0.15) is 0 Å². The van der Waals surface area contributed by atoms with Crippen molar-refractivity contribution in [3.63, 3.8) is 0 Å². The summed E-state index contributed by atoms with van der Waals surface area (Å²) in [5, 5.41) is 3.64. The van der Waals surface area contributed by atoms with E-state index in [2.05, 4.69) is 9.88 Å². The number of benzene rings is 1. The molecule has 118 valence electrons. The molecule has 1 aromatic heterocycles. The van der Waals surface area contributed by atoms with E-state index in [0.717, 1.165) is 12.8 Å². The van der Waals surface area contributed by atoms with Crippen LogP contribution in [0.3, 0.4) is 0 Å². The number of rotatable bonds is 6. The quantitative estimate of drug-likeness (QED) is 0.844. The number of aromatic nitrogens is 1. The average Bonchev–Trinajstić information content (AvgIpc) is 3.23. The Labute approximate surface area is 129 Å². The molecule has 1 heterocycles. The van der Waals surface area contributed by atoms with Crippen LogP contribution in [0.1, 0.15) is 19.8 Å². The molecule has 1 aromatic carbocycles.